The van der Waals surface area contributed by atoms with Gasteiger partial charge in [0.1, 0.15) is 11.5 Å². The molecular weight excluding hydrogens is 284 g/mol. The molecule has 3 heterocycles. The van der Waals surface area contributed by atoms with Crippen molar-refractivity contribution in [2.24, 2.45) is 0 Å². The zero-order valence-corrected chi connectivity index (χ0v) is 11.9. The first-order chi connectivity index (χ1) is 10.7. The highest BCUT2D eigenvalue weighted by molar-refractivity contribution is 5.92. The van der Waals surface area contributed by atoms with E-state index in [1.165, 1.54) is 6.20 Å². The lowest BCUT2D eigenvalue weighted by Crippen LogP contribution is -2.45. The van der Waals surface area contributed by atoms with Crippen LogP contribution in [0.4, 0.5) is 5.82 Å². The highest BCUT2D eigenvalue weighted by Gasteiger charge is 2.22. The predicted molar refractivity (Wildman–Crippen MR) is 79.6 cm³/mol. The number of carbonyl (C=O) groups excluding carboxylic acids is 1. The molecule has 1 aliphatic rings. The van der Waals surface area contributed by atoms with Crippen LogP contribution in [0.1, 0.15) is 23.3 Å². The lowest BCUT2D eigenvalue weighted by atomic mass is 10.0. The fourth-order valence-electron chi connectivity index (χ4n) is 2.43. The van der Waals surface area contributed by atoms with Crippen molar-refractivity contribution >= 4 is 11.7 Å². The fourth-order valence-corrected chi connectivity index (χ4v) is 2.43. The maximum absolute atomic E-state index is 12.0. The fraction of sp³-hybridized carbons (Fsp3) is 0.357. The summed E-state index contributed by atoms with van der Waals surface area (Å²) in [5, 5.41) is 2.94. The zero-order chi connectivity index (χ0) is 15.4. The van der Waals surface area contributed by atoms with Crippen molar-refractivity contribution in [2.45, 2.75) is 18.9 Å². The van der Waals surface area contributed by atoms with E-state index in [4.69, 9.17) is 0 Å². The van der Waals surface area contributed by atoms with Crippen LogP contribution in [0.5, 0.6) is 0 Å². The van der Waals surface area contributed by atoms with Crippen molar-refractivity contribution in [3.8, 4) is 0 Å². The van der Waals surface area contributed by atoms with E-state index < -0.39 is 0 Å². The maximum Gasteiger partial charge on any atom is 0.271 e. The Labute approximate surface area is 126 Å². The number of hydrogen-bond donors (Lipinski definition) is 2. The van der Waals surface area contributed by atoms with Gasteiger partial charge in [-0.3, -0.25) is 14.6 Å². The molecule has 1 amide bonds. The largest absolute Gasteiger partial charge is 0.355 e. The van der Waals surface area contributed by atoms with Crippen LogP contribution in [0.15, 0.2) is 35.8 Å². The highest BCUT2D eigenvalue weighted by Crippen LogP contribution is 2.16. The molecule has 114 valence electrons. The van der Waals surface area contributed by atoms with Gasteiger partial charge in [0.15, 0.2) is 0 Å². The third-order valence-electron chi connectivity index (χ3n) is 3.61. The Morgan fingerprint density at radius 1 is 1.23 bits per heavy atom. The van der Waals surface area contributed by atoms with E-state index in [0.29, 0.717) is 0 Å². The second-order valence-corrected chi connectivity index (χ2v) is 5.09. The van der Waals surface area contributed by atoms with Crippen LogP contribution in [-0.4, -0.2) is 45.0 Å². The molecule has 0 aromatic carbocycles. The highest BCUT2D eigenvalue weighted by atomic mass is 16.2. The number of piperidine rings is 1. The molecule has 1 aliphatic heterocycles. The van der Waals surface area contributed by atoms with E-state index in [1.54, 1.807) is 18.6 Å². The maximum atomic E-state index is 12.0. The Morgan fingerprint density at radius 3 is 2.68 bits per heavy atom. The van der Waals surface area contributed by atoms with Crippen LogP contribution in [0.25, 0.3) is 0 Å². The number of nitrogens with one attached hydrogen (secondary N) is 2. The molecule has 2 N–H and O–H groups in total. The molecule has 0 atom stereocenters. The predicted octanol–water partition coefficient (Wildman–Crippen LogP) is -0.0413. The number of nitrogens with zero attached hydrogens (tertiary/aromatic N) is 4. The van der Waals surface area contributed by atoms with E-state index in [0.717, 1.165) is 37.9 Å². The number of hydrogen-bond acceptors (Lipinski definition) is 6. The van der Waals surface area contributed by atoms with Gasteiger partial charge < -0.3 is 15.2 Å². The van der Waals surface area contributed by atoms with Gasteiger partial charge in [0.05, 0.1) is 12.4 Å². The first-order valence-corrected chi connectivity index (χ1v) is 7.09. The average Bonchev–Trinajstić information content (AvgIpc) is 2.57. The van der Waals surface area contributed by atoms with Crippen molar-refractivity contribution in [3.05, 3.63) is 47.0 Å². The number of H-pyrrole nitrogens is 1. The second-order valence-electron chi connectivity index (χ2n) is 5.09. The molecule has 3 rings (SSSR count). The number of carbonyl (C=O) groups is 1. The van der Waals surface area contributed by atoms with Gasteiger partial charge in [-0.15, -0.1) is 0 Å². The van der Waals surface area contributed by atoms with Crippen LogP contribution < -0.4 is 15.8 Å². The third kappa shape index (κ3) is 3.27. The Bertz CT molecular complexity index is 673. The van der Waals surface area contributed by atoms with Crippen LogP contribution >= 0.6 is 0 Å². The van der Waals surface area contributed by atoms with Crippen LogP contribution in [0, 0.1) is 0 Å². The summed E-state index contributed by atoms with van der Waals surface area (Å²) < 4.78 is 0. The van der Waals surface area contributed by atoms with Crippen molar-refractivity contribution < 1.29 is 4.79 Å². The standard InChI is InChI=1S/C14H16N6O2/c21-13-9-17-11(7-18-13)14(22)19-10-1-5-20(6-2-10)12-8-15-3-4-16-12/h3-4,7-10H,1-2,5-6H2,(H,18,21)(H,19,22). The van der Waals surface area contributed by atoms with Gasteiger partial charge in [-0.2, -0.15) is 0 Å². The number of aromatic amines is 1. The number of aromatic nitrogens is 4. The topological polar surface area (TPSA) is 104 Å². The molecule has 8 heteroatoms. The van der Waals surface area contributed by atoms with Gasteiger partial charge in [-0.1, -0.05) is 0 Å². The average molecular weight is 300 g/mol. The Hall–Kier alpha value is -2.77. The molecule has 2 aromatic rings. The minimum Gasteiger partial charge on any atom is -0.355 e. The number of anilines is 1. The minimum atomic E-state index is -0.325. The smallest absolute Gasteiger partial charge is 0.271 e. The summed E-state index contributed by atoms with van der Waals surface area (Å²) >= 11 is 0. The molecule has 0 saturated carbocycles. The molecule has 0 bridgehead atoms. The molecule has 1 saturated heterocycles. The number of rotatable bonds is 3. The number of amides is 1. The van der Waals surface area contributed by atoms with Crippen molar-refractivity contribution in [3.63, 3.8) is 0 Å². The lowest BCUT2D eigenvalue weighted by molar-refractivity contribution is 0.0925. The van der Waals surface area contributed by atoms with E-state index in [2.05, 4.69) is 30.2 Å². The lowest BCUT2D eigenvalue weighted by Gasteiger charge is -2.32. The molecule has 22 heavy (non-hydrogen) atoms. The molecule has 1 fully saturated rings. The summed E-state index contributed by atoms with van der Waals surface area (Å²) in [5.41, 5.74) is -0.107. The summed E-state index contributed by atoms with van der Waals surface area (Å²) in [6.45, 7) is 1.62. The molecule has 2 aromatic heterocycles. The Kier molecular flexibility index (Phi) is 4.08. The van der Waals surface area contributed by atoms with E-state index in [9.17, 15) is 9.59 Å². The summed E-state index contributed by atoms with van der Waals surface area (Å²) in [7, 11) is 0. The van der Waals surface area contributed by atoms with Gasteiger partial charge in [0, 0.05) is 37.7 Å². The second kappa shape index (κ2) is 6.33. The molecule has 0 radical (unpaired) electrons. The molecule has 0 unspecified atom stereocenters. The van der Waals surface area contributed by atoms with Crippen molar-refractivity contribution in [2.75, 3.05) is 18.0 Å². The minimum absolute atomic E-state index is 0.0918. The Morgan fingerprint density at radius 2 is 2.05 bits per heavy atom. The van der Waals surface area contributed by atoms with E-state index in [-0.39, 0.29) is 23.2 Å². The van der Waals surface area contributed by atoms with Gasteiger partial charge >= 0.3 is 0 Å². The molecule has 0 aliphatic carbocycles. The summed E-state index contributed by atoms with van der Waals surface area (Å²) in [5.74, 6) is 0.587. The van der Waals surface area contributed by atoms with Gasteiger partial charge in [0.25, 0.3) is 11.5 Å². The van der Waals surface area contributed by atoms with E-state index >= 15 is 0 Å². The SMILES string of the molecule is O=C(NC1CCN(c2cnccn2)CC1)c1c[nH]c(=O)cn1. The first-order valence-electron chi connectivity index (χ1n) is 7.09. The van der Waals surface area contributed by atoms with Gasteiger partial charge in [0.2, 0.25) is 0 Å². The molecule has 0 spiro atoms. The van der Waals surface area contributed by atoms with Crippen molar-refractivity contribution in [1.82, 2.24) is 25.3 Å². The Balaban J connectivity index is 1.54. The monoisotopic (exact) mass is 300 g/mol. The first kappa shape index (κ1) is 14.2. The third-order valence-corrected chi connectivity index (χ3v) is 3.61. The summed E-state index contributed by atoms with van der Waals surface area (Å²) in [4.78, 5) is 39.7. The van der Waals surface area contributed by atoms with Gasteiger partial charge in [-0.25, -0.2) is 9.97 Å². The molecule has 8 nitrogen and oxygen atoms in total. The molecular formula is C14H16N6O2. The van der Waals surface area contributed by atoms with Crippen LogP contribution in [0.2, 0.25) is 0 Å². The summed E-state index contributed by atoms with van der Waals surface area (Å²) in [6, 6.07) is 0.0918. The van der Waals surface area contributed by atoms with Gasteiger partial charge in [-0.05, 0) is 12.8 Å². The van der Waals surface area contributed by atoms with Crippen LogP contribution in [0.3, 0.4) is 0 Å². The van der Waals surface area contributed by atoms with Crippen molar-refractivity contribution in [1.29, 1.82) is 0 Å². The summed E-state index contributed by atoms with van der Waals surface area (Å²) in [6.07, 6.45) is 9.14. The normalized spacial score (nSPS) is 15.5. The van der Waals surface area contributed by atoms with Crippen LogP contribution in [-0.2, 0) is 0 Å². The zero-order valence-electron chi connectivity index (χ0n) is 11.9. The van der Waals surface area contributed by atoms with E-state index in [1.807, 2.05) is 0 Å². The quantitative estimate of drug-likeness (QED) is 0.824.